The highest BCUT2D eigenvalue weighted by Gasteiger charge is 2.30. The minimum absolute atomic E-state index is 0.469. The van der Waals surface area contributed by atoms with Crippen molar-refractivity contribution in [3.05, 3.63) is 0 Å². The largest absolute Gasteiger partial charge is 0.480 e. The zero-order chi connectivity index (χ0) is 9.78. The molecule has 0 aromatic carbocycles. The first kappa shape index (κ1) is 11.8. The smallest absolute Gasteiger partial charge is 0.324 e. The molecule has 0 fully saturated rings. The molecule has 1 atom stereocenters. The number of hydrogen-bond acceptors (Lipinski definition) is 3. The normalized spacial score (nSPS) is 16.1. The van der Waals surface area contributed by atoms with Crippen LogP contribution >= 0.6 is 11.8 Å². The van der Waals surface area contributed by atoms with Gasteiger partial charge in [-0.15, -0.1) is 0 Å². The lowest BCUT2D eigenvalue weighted by molar-refractivity contribution is -0.142. The lowest BCUT2D eigenvalue weighted by Crippen LogP contribution is -2.50. The van der Waals surface area contributed by atoms with E-state index in [2.05, 4.69) is 19.2 Å². The molecule has 0 amide bonds. The van der Waals surface area contributed by atoms with Crippen molar-refractivity contribution in [3.8, 4) is 0 Å². The van der Waals surface area contributed by atoms with Crippen LogP contribution in [0.3, 0.4) is 0 Å². The minimum atomic E-state index is -0.797. The Morgan fingerprint density at radius 1 is 1.67 bits per heavy atom. The van der Waals surface area contributed by atoms with Gasteiger partial charge in [-0.05, 0) is 19.2 Å². The number of rotatable bonds is 5. The summed E-state index contributed by atoms with van der Waals surface area (Å²) in [4.78, 5) is 10.8. The molecule has 0 radical (unpaired) electrons. The van der Waals surface area contributed by atoms with Crippen LogP contribution in [0.1, 0.15) is 20.8 Å². The second kappa shape index (κ2) is 4.72. The van der Waals surface area contributed by atoms with Crippen LogP contribution in [0.15, 0.2) is 0 Å². The summed E-state index contributed by atoms with van der Waals surface area (Å²) < 4.78 is 0. The SMILES string of the molecule is CNC(C)(CSC(C)C)C(=O)O. The maximum absolute atomic E-state index is 10.8. The molecule has 0 rings (SSSR count). The van der Waals surface area contributed by atoms with E-state index < -0.39 is 11.5 Å². The number of aliphatic carboxylic acids is 1. The average Bonchev–Trinajstić information content (AvgIpc) is 1.99. The number of carboxylic acids is 1. The van der Waals surface area contributed by atoms with E-state index in [1.54, 1.807) is 25.7 Å². The molecular formula is C8H17NO2S. The van der Waals surface area contributed by atoms with Gasteiger partial charge in [0.25, 0.3) is 0 Å². The summed E-state index contributed by atoms with van der Waals surface area (Å²) >= 11 is 1.65. The molecule has 0 bridgehead atoms. The van der Waals surface area contributed by atoms with Crippen LogP contribution in [0.2, 0.25) is 0 Å². The summed E-state index contributed by atoms with van der Waals surface area (Å²) in [7, 11) is 1.68. The van der Waals surface area contributed by atoms with Gasteiger partial charge in [-0.25, -0.2) is 0 Å². The number of nitrogens with one attached hydrogen (secondary N) is 1. The van der Waals surface area contributed by atoms with Gasteiger partial charge >= 0.3 is 5.97 Å². The Bertz CT molecular complexity index is 161. The van der Waals surface area contributed by atoms with E-state index >= 15 is 0 Å². The van der Waals surface area contributed by atoms with E-state index in [1.807, 2.05) is 0 Å². The van der Waals surface area contributed by atoms with E-state index in [0.29, 0.717) is 11.0 Å². The number of carboxylic acid groups (broad SMARTS) is 1. The topological polar surface area (TPSA) is 49.3 Å². The number of carbonyl (C=O) groups is 1. The van der Waals surface area contributed by atoms with Crippen molar-refractivity contribution in [1.29, 1.82) is 0 Å². The van der Waals surface area contributed by atoms with Gasteiger partial charge in [0.2, 0.25) is 0 Å². The standard InChI is InChI=1S/C8H17NO2S/c1-6(2)12-5-8(3,9-4)7(10)11/h6,9H,5H2,1-4H3,(H,10,11). The molecule has 0 aromatic heterocycles. The van der Waals surface area contributed by atoms with Crippen LogP contribution in [0, 0.1) is 0 Å². The Morgan fingerprint density at radius 3 is 2.42 bits per heavy atom. The van der Waals surface area contributed by atoms with Crippen molar-refractivity contribution in [2.75, 3.05) is 12.8 Å². The quantitative estimate of drug-likeness (QED) is 0.685. The molecule has 0 aliphatic rings. The Morgan fingerprint density at radius 2 is 2.17 bits per heavy atom. The van der Waals surface area contributed by atoms with Gasteiger partial charge in [-0.3, -0.25) is 4.79 Å². The van der Waals surface area contributed by atoms with Gasteiger partial charge in [0.1, 0.15) is 5.54 Å². The van der Waals surface area contributed by atoms with Crippen molar-refractivity contribution in [3.63, 3.8) is 0 Å². The molecule has 2 N–H and O–H groups in total. The van der Waals surface area contributed by atoms with Crippen molar-refractivity contribution in [1.82, 2.24) is 5.32 Å². The predicted molar refractivity (Wildman–Crippen MR) is 52.7 cm³/mol. The fourth-order valence-electron chi connectivity index (χ4n) is 0.574. The molecule has 72 valence electrons. The van der Waals surface area contributed by atoms with E-state index in [-0.39, 0.29) is 0 Å². The van der Waals surface area contributed by atoms with Crippen molar-refractivity contribution < 1.29 is 9.90 Å². The Hall–Kier alpha value is -0.220. The Balaban J connectivity index is 4.06. The zero-order valence-electron chi connectivity index (χ0n) is 8.05. The molecule has 0 heterocycles. The summed E-state index contributed by atoms with van der Waals surface area (Å²) in [5.74, 6) is -0.200. The summed E-state index contributed by atoms with van der Waals surface area (Å²) in [5.41, 5.74) is -0.797. The highest BCUT2D eigenvalue weighted by atomic mass is 32.2. The third-order valence-electron chi connectivity index (χ3n) is 1.73. The highest BCUT2D eigenvalue weighted by molar-refractivity contribution is 7.99. The van der Waals surface area contributed by atoms with Crippen LogP contribution in [0.4, 0.5) is 0 Å². The molecule has 0 aliphatic carbocycles. The minimum Gasteiger partial charge on any atom is -0.480 e. The number of likely N-dealkylation sites (N-methyl/N-ethyl adjacent to an activating group) is 1. The van der Waals surface area contributed by atoms with Gasteiger partial charge in [-0.2, -0.15) is 11.8 Å². The zero-order valence-corrected chi connectivity index (χ0v) is 8.86. The highest BCUT2D eigenvalue weighted by Crippen LogP contribution is 2.17. The van der Waals surface area contributed by atoms with Crippen molar-refractivity contribution >= 4 is 17.7 Å². The second-order valence-corrected chi connectivity index (χ2v) is 4.81. The summed E-state index contributed by atoms with van der Waals surface area (Å²) in [6.45, 7) is 5.82. The first-order valence-electron chi connectivity index (χ1n) is 3.96. The first-order chi connectivity index (χ1) is 5.42. The molecule has 0 aromatic rings. The molecular weight excluding hydrogens is 174 g/mol. The van der Waals surface area contributed by atoms with E-state index in [0.717, 1.165) is 0 Å². The number of hydrogen-bond donors (Lipinski definition) is 2. The average molecular weight is 191 g/mol. The summed E-state index contributed by atoms with van der Waals surface area (Å²) in [6, 6.07) is 0. The third kappa shape index (κ3) is 3.45. The molecule has 0 aliphatic heterocycles. The maximum Gasteiger partial charge on any atom is 0.324 e. The molecule has 4 heteroatoms. The van der Waals surface area contributed by atoms with Crippen molar-refractivity contribution in [2.24, 2.45) is 0 Å². The van der Waals surface area contributed by atoms with E-state index in [9.17, 15) is 4.79 Å². The number of thioether (sulfide) groups is 1. The van der Waals surface area contributed by atoms with Crippen LogP contribution in [-0.4, -0.2) is 34.7 Å². The van der Waals surface area contributed by atoms with Gasteiger partial charge in [-0.1, -0.05) is 13.8 Å². The van der Waals surface area contributed by atoms with Crippen LogP contribution in [-0.2, 0) is 4.79 Å². The van der Waals surface area contributed by atoms with Gasteiger partial charge in [0.15, 0.2) is 0 Å². The Labute approximate surface area is 77.9 Å². The molecule has 3 nitrogen and oxygen atoms in total. The lowest BCUT2D eigenvalue weighted by Gasteiger charge is -2.24. The Kier molecular flexibility index (Phi) is 4.63. The predicted octanol–water partition coefficient (Wildman–Crippen LogP) is 1.19. The lowest BCUT2D eigenvalue weighted by atomic mass is 10.1. The van der Waals surface area contributed by atoms with Crippen molar-refractivity contribution in [2.45, 2.75) is 31.6 Å². The summed E-state index contributed by atoms with van der Waals surface area (Å²) in [6.07, 6.45) is 0. The van der Waals surface area contributed by atoms with E-state index in [1.165, 1.54) is 0 Å². The fourth-order valence-corrected chi connectivity index (χ4v) is 1.51. The molecule has 12 heavy (non-hydrogen) atoms. The maximum atomic E-state index is 10.8. The molecule has 0 spiro atoms. The fraction of sp³-hybridized carbons (Fsp3) is 0.875. The van der Waals surface area contributed by atoms with Gasteiger partial charge in [0, 0.05) is 5.75 Å². The van der Waals surface area contributed by atoms with Gasteiger partial charge in [0.05, 0.1) is 0 Å². The van der Waals surface area contributed by atoms with E-state index in [4.69, 9.17) is 5.11 Å². The molecule has 0 saturated heterocycles. The van der Waals surface area contributed by atoms with Gasteiger partial charge < -0.3 is 10.4 Å². The molecule has 1 unspecified atom stereocenters. The van der Waals surface area contributed by atoms with Crippen LogP contribution < -0.4 is 5.32 Å². The van der Waals surface area contributed by atoms with Crippen LogP contribution in [0.5, 0.6) is 0 Å². The first-order valence-corrected chi connectivity index (χ1v) is 5.01. The monoisotopic (exact) mass is 191 g/mol. The second-order valence-electron chi connectivity index (χ2n) is 3.25. The summed E-state index contributed by atoms with van der Waals surface area (Å²) in [5, 5.41) is 12.2. The third-order valence-corrected chi connectivity index (χ3v) is 3.14. The molecule has 0 saturated carbocycles. The van der Waals surface area contributed by atoms with Crippen LogP contribution in [0.25, 0.3) is 0 Å².